The number of nitrogens with zero attached hydrogens (tertiary/aromatic N) is 4. The van der Waals surface area contributed by atoms with Crippen LogP contribution < -0.4 is 0 Å². The summed E-state index contributed by atoms with van der Waals surface area (Å²) in [5, 5.41) is 3.73. The maximum absolute atomic E-state index is 5.33. The van der Waals surface area contributed by atoms with E-state index in [-0.39, 0.29) is 5.41 Å². The average molecular weight is 695 g/mol. The van der Waals surface area contributed by atoms with Crippen molar-refractivity contribution in [2.75, 3.05) is 0 Å². The van der Waals surface area contributed by atoms with Gasteiger partial charge in [0.15, 0.2) is 17.5 Å². The van der Waals surface area contributed by atoms with Crippen molar-refractivity contribution in [1.82, 2.24) is 19.9 Å². The first-order chi connectivity index (χ1) is 26.7. The van der Waals surface area contributed by atoms with Gasteiger partial charge < -0.3 is 0 Å². The second-order valence-corrected chi connectivity index (χ2v) is 16.2. The van der Waals surface area contributed by atoms with Gasteiger partial charge in [-0.2, -0.15) is 0 Å². The van der Waals surface area contributed by atoms with Crippen molar-refractivity contribution >= 4 is 21.7 Å². The molecule has 0 radical (unpaired) electrons. The molecule has 13 rings (SSSR count). The fraction of sp³-hybridized carbons (Fsp3) is 0.200. The van der Waals surface area contributed by atoms with Crippen LogP contribution in [0.1, 0.15) is 43.2 Å². The van der Waals surface area contributed by atoms with Crippen LogP contribution in [-0.4, -0.2) is 19.9 Å². The molecule has 2 heterocycles. The molecule has 5 aliphatic rings. The van der Waals surface area contributed by atoms with Crippen LogP contribution in [0.2, 0.25) is 0 Å². The molecule has 0 amide bonds. The van der Waals surface area contributed by atoms with Gasteiger partial charge in [0.2, 0.25) is 0 Å². The van der Waals surface area contributed by atoms with Crippen LogP contribution >= 0.6 is 0 Å². The third-order valence-electron chi connectivity index (χ3n) is 13.5. The Balaban J connectivity index is 1.06. The number of aromatic nitrogens is 4. The molecular weight excluding hydrogens is 657 g/mol. The largest absolute Gasteiger partial charge is 0.256 e. The molecule has 0 unspecified atom stereocenters. The molecule has 0 aliphatic heterocycles. The average Bonchev–Trinajstić information content (AvgIpc) is 3.53. The summed E-state index contributed by atoms with van der Waals surface area (Å²) in [4.78, 5) is 20.4. The molecule has 5 aliphatic carbocycles. The fourth-order valence-electron chi connectivity index (χ4n) is 11.7. The molecule has 4 nitrogen and oxygen atoms in total. The molecule has 0 N–H and O–H groups in total. The highest BCUT2D eigenvalue weighted by Crippen LogP contribution is 2.70. The summed E-state index contributed by atoms with van der Waals surface area (Å²) in [6.07, 6.45) is 8.77. The Labute approximate surface area is 315 Å². The molecule has 2 aromatic heterocycles. The highest BCUT2D eigenvalue weighted by Gasteiger charge is 2.62. The summed E-state index contributed by atoms with van der Waals surface area (Å²) in [6, 6.07) is 50.3. The van der Waals surface area contributed by atoms with Crippen molar-refractivity contribution in [3.8, 4) is 56.4 Å². The van der Waals surface area contributed by atoms with E-state index in [0.717, 1.165) is 50.6 Å². The van der Waals surface area contributed by atoms with Gasteiger partial charge in [0, 0.05) is 39.3 Å². The number of para-hydroxylation sites is 1. The first-order valence-electron chi connectivity index (χ1n) is 19.6. The quantitative estimate of drug-likeness (QED) is 0.184. The molecular formula is C50H38N4. The molecule has 0 saturated heterocycles. The maximum Gasteiger partial charge on any atom is 0.164 e. The predicted molar refractivity (Wildman–Crippen MR) is 218 cm³/mol. The number of benzene rings is 6. The van der Waals surface area contributed by atoms with Gasteiger partial charge in [0.05, 0.1) is 5.52 Å². The number of fused-ring (bicyclic) bond motifs is 6. The Morgan fingerprint density at radius 1 is 0.444 bits per heavy atom. The summed E-state index contributed by atoms with van der Waals surface area (Å²) >= 11 is 0. The van der Waals surface area contributed by atoms with Crippen molar-refractivity contribution in [2.24, 2.45) is 23.7 Å². The maximum atomic E-state index is 5.33. The van der Waals surface area contributed by atoms with E-state index in [1.165, 1.54) is 54.0 Å². The second kappa shape index (κ2) is 11.5. The van der Waals surface area contributed by atoms with E-state index >= 15 is 0 Å². The van der Waals surface area contributed by atoms with E-state index in [1.807, 2.05) is 18.3 Å². The Kier molecular flexibility index (Phi) is 6.49. The standard InChI is InChI=1S/C50H38N4/c1-2-10-34(11-3-1)47-52-48(35-21-19-32(20-22-35)38-17-8-12-33-13-9-23-51-46(33)38)54-49(53-47)43-29-42-40-15-6-7-18-44(40)50(45(42)41-16-5-4-14-39(41)43)36-25-30-24-31(27-36)28-37(50)26-30/h1-23,29-31,36-37H,24-28H2. The van der Waals surface area contributed by atoms with Gasteiger partial charge in [-0.1, -0.05) is 127 Å². The van der Waals surface area contributed by atoms with Crippen LogP contribution in [0.3, 0.4) is 0 Å². The van der Waals surface area contributed by atoms with Crippen molar-refractivity contribution in [2.45, 2.75) is 37.5 Å². The zero-order valence-electron chi connectivity index (χ0n) is 30.0. The Hall–Kier alpha value is -6.00. The summed E-state index contributed by atoms with van der Waals surface area (Å²) in [7, 11) is 0. The highest BCUT2D eigenvalue weighted by atomic mass is 15.0. The fourth-order valence-corrected chi connectivity index (χ4v) is 11.7. The topological polar surface area (TPSA) is 51.6 Å². The summed E-state index contributed by atoms with van der Waals surface area (Å²) in [5.74, 6) is 5.27. The minimum Gasteiger partial charge on any atom is -0.256 e. The van der Waals surface area contributed by atoms with Crippen molar-refractivity contribution in [3.05, 3.63) is 157 Å². The van der Waals surface area contributed by atoms with Crippen LogP contribution in [-0.2, 0) is 5.41 Å². The Morgan fingerprint density at radius 3 is 1.83 bits per heavy atom. The van der Waals surface area contributed by atoms with Crippen LogP contribution in [0.4, 0.5) is 0 Å². The van der Waals surface area contributed by atoms with Crippen molar-refractivity contribution in [1.29, 1.82) is 0 Å². The monoisotopic (exact) mass is 694 g/mol. The molecule has 4 bridgehead atoms. The van der Waals surface area contributed by atoms with Crippen LogP contribution in [0.25, 0.3) is 78.1 Å². The van der Waals surface area contributed by atoms with E-state index in [9.17, 15) is 0 Å². The third-order valence-corrected chi connectivity index (χ3v) is 13.5. The third kappa shape index (κ3) is 4.31. The van der Waals surface area contributed by atoms with Gasteiger partial charge in [-0.25, -0.2) is 15.0 Å². The van der Waals surface area contributed by atoms with Gasteiger partial charge in [-0.05, 0) is 106 Å². The van der Waals surface area contributed by atoms with Gasteiger partial charge in [0.25, 0.3) is 0 Å². The van der Waals surface area contributed by atoms with E-state index < -0.39 is 0 Å². The zero-order valence-corrected chi connectivity index (χ0v) is 30.0. The highest BCUT2D eigenvalue weighted by molar-refractivity contribution is 6.05. The summed E-state index contributed by atoms with van der Waals surface area (Å²) < 4.78 is 0. The van der Waals surface area contributed by atoms with E-state index in [1.54, 1.807) is 11.1 Å². The number of rotatable bonds is 4. The van der Waals surface area contributed by atoms with Crippen LogP contribution in [0.5, 0.6) is 0 Å². The Morgan fingerprint density at radius 2 is 1.06 bits per heavy atom. The molecule has 4 fully saturated rings. The van der Waals surface area contributed by atoms with Crippen LogP contribution in [0.15, 0.2) is 146 Å². The van der Waals surface area contributed by atoms with E-state index in [0.29, 0.717) is 29.3 Å². The molecule has 0 atom stereocenters. The predicted octanol–water partition coefficient (Wildman–Crippen LogP) is 12.0. The lowest BCUT2D eigenvalue weighted by Crippen LogP contribution is -2.55. The minimum absolute atomic E-state index is 0.0816. The molecule has 4 heteroatoms. The lowest BCUT2D eigenvalue weighted by Gasteiger charge is -2.61. The first kappa shape index (κ1) is 30.5. The minimum atomic E-state index is 0.0816. The molecule has 54 heavy (non-hydrogen) atoms. The first-order valence-corrected chi connectivity index (χ1v) is 19.6. The molecule has 6 aromatic carbocycles. The van der Waals surface area contributed by atoms with Crippen molar-refractivity contribution < 1.29 is 0 Å². The van der Waals surface area contributed by atoms with Gasteiger partial charge in [-0.3, -0.25) is 4.98 Å². The van der Waals surface area contributed by atoms with E-state index in [2.05, 4.69) is 127 Å². The Bertz CT molecular complexity index is 2750. The van der Waals surface area contributed by atoms with E-state index in [4.69, 9.17) is 19.9 Å². The lowest BCUT2D eigenvalue weighted by atomic mass is 9.43. The molecule has 8 aromatic rings. The molecule has 4 saturated carbocycles. The lowest BCUT2D eigenvalue weighted by molar-refractivity contribution is -0.0393. The number of pyridine rings is 1. The zero-order chi connectivity index (χ0) is 35.4. The van der Waals surface area contributed by atoms with Gasteiger partial charge in [0.1, 0.15) is 0 Å². The van der Waals surface area contributed by atoms with Crippen LogP contribution in [0, 0.1) is 23.7 Å². The normalized spacial score (nSPS) is 23.3. The molecule has 1 spiro atoms. The van der Waals surface area contributed by atoms with Gasteiger partial charge in [-0.15, -0.1) is 0 Å². The van der Waals surface area contributed by atoms with Gasteiger partial charge >= 0.3 is 0 Å². The summed E-state index contributed by atoms with van der Waals surface area (Å²) in [6.45, 7) is 0. The molecule has 258 valence electrons. The SMILES string of the molecule is c1ccc(-c2nc(-c3ccc(-c4cccc5cccnc45)cc3)nc(-c3cc4c(c5ccccc35)C3(c5ccccc5-4)C4CC5CC(C4)CC3C5)n2)cc1. The summed E-state index contributed by atoms with van der Waals surface area (Å²) in [5.41, 5.74) is 12.2. The number of hydrogen-bond donors (Lipinski definition) is 0. The smallest absolute Gasteiger partial charge is 0.164 e. The number of hydrogen-bond acceptors (Lipinski definition) is 4. The van der Waals surface area contributed by atoms with Crippen molar-refractivity contribution in [3.63, 3.8) is 0 Å². The second-order valence-electron chi connectivity index (χ2n) is 16.2.